The van der Waals surface area contributed by atoms with Gasteiger partial charge >= 0.3 is 6.18 Å². The first-order valence-electron chi connectivity index (χ1n) is 8.92. The van der Waals surface area contributed by atoms with Crippen molar-refractivity contribution >= 4 is 33.2 Å². The summed E-state index contributed by atoms with van der Waals surface area (Å²) in [6.07, 6.45) is -4.54. The van der Waals surface area contributed by atoms with Crippen molar-refractivity contribution in [3.05, 3.63) is 58.9 Å². The van der Waals surface area contributed by atoms with Crippen LogP contribution in [-0.2, 0) is 21.0 Å². The van der Waals surface area contributed by atoms with Crippen LogP contribution in [0.4, 0.5) is 23.2 Å². The summed E-state index contributed by atoms with van der Waals surface area (Å²) < 4.78 is 79.3. The van der Waals surface area contributed by atoms with E-state index in [0.29, 0.717) is 5.69 Å². The number of carbonyl (C=O) groups excluding carboxylic acids is 1. The van der Waals surface area contributed by atoms with Crippen molar-refractivity contribution in [3.63, 3.8) is 0 Å². The Morgan fingerprint density at radius 1 is 1.10 bits per heavy atom. The summed E-state index contributed by atoms with van der Waals surface area (Å²) in [7, 11) is -4.37. The minimum Gasteiger partial charge on any atom is -0.326 e. The first kappa shape index (κ1) is 22.5. The lowest BCUT2D eigenvalue weighted by molar-refractivity contribution is -0.139. The fraction of sp³-hybridized carbons (Fsp3) is 0.316. The second-order valence-corrected chi connectivity index (χ2v) is 9.10. The highest BCUT2D eigenvalue weighted by Crippen LogP contribution is 2.36. The van der Waals surface area contributed by atoms with E-state index in [0.717, 1.165) is 28.6 Å². The van der Waals surface area contributed by atoms with Gasteiger partial charge < -0.3 is 5.32 Å². The topological polar surface area (TPSA) is 66.5 Å². The van der Waals surface area contributed by atoms with Crippen LogP contribution in [0.15, 0.2) is 47.4 Å². The van der Waals surface area contributed by atoms with E-state index in [-0.39, 0.29) is 31.0 Å². The molecule has 162 valence electrons. The number of hydrogen-bond donors (Lipinski definition) is 1. The molecule has 0 aromatic heterocycles. The fourth-order valence-corrected chi connectivity index (χ4v) is 5.10. The number of carbonyl (C=O) groups is 1. The molecule has 0 saturated carbocycles. The summed E-state index contributed by atoms with van der Waals surface area (Å²) in [5.41, 5.74) is -0.932. The molecule has 1 amide bonds. The van der Waals surface area contributed by atoms with Gasteiger partial charge in [-0.05, 0) is 43.2 Å². The number of nitrogens with zero attached hydrogens (tertiary/aromatic N) is 1. The molecule has 1 heterocycles. The van der Waals surface area contributed by atoms with Gasteiger partial charge in [0, 0.05) is 24.7 Å². The molecular formula is C19H17ClF4N2O3S. The van der Waals surface area contributed by atoms with Crippen molar-refractivity contribution in [2.75, 3.05) is 18.4 Å². The summed E-state index contributed by atoms with van der Waals surface area (Å²) in [5.74, 6) is -1.57. The van der Waals surface area contributed by atoms with Crippen molar-refractivity contribution in [2.24, 2.45) is 5.92 Å². The number of hydrogen-bond acceptors (Lipinski definition) is 3. The van der Waals surface area contributed by atoms with Crippen LogP contribution in [0.1, 0.15) is 18.4 Å². The molecule has 1 saturated heterocycles. The molecule has 1 aliphatic rings. The number of alkyl halides is 3. The molecular weight excluding hydrogens is 448 g/mol. The Bertz CT molecular complexity index is 1050. The van der Waals surface area contributed by atoms with Gasteiger partial charge in [-0.25, -0.2) is 12.8 Å². The second kappa shape index (κ2) is 8.52. The Kier molecular flexibility index (Phi) is 6.40. The number of nitrogens with one attached hydrogen (secondary N) is 1. The first-order valence-corrected chi connectivity index (χ1v) is 10.7. The maximum atomic E-state index is 13.2. The molecule has 1 fully saturated rings. The predicted octanol–water partition coefficient (Wildman–Crippen LogP) is 4.54. The largest absolute Gasteiger partial charge is 0.417 e. The maximum absolute atomic E-state index is 13.2. The number of halogens is 5. The number of anilines is 1. The van der Waals surface area contributed by atoms with Gasteiger partial charge in [-0.2, -0.15) is 17.5 Å². The zero-order valence-corrected chi connectivity index (χ0v) is 17.0. The minimum absolute atomic E-state index is 0.100. The average Bonchev–Trinajstić information content (AvgIpc) is 2.70. The zero-order chi connectivity index (χ0) is 22.1. The van der Waals surface area contributed by atoms with Gasteiger partial charge in [0.05, 0.1) is 15.5 Å². The monoisotopic (exact) mass is 464 g/mol. The highest BCUT2D eigenvalue weighted by atomic mass is 35.5. The third-order valence-corrected chi connectivity index (χ3v) is 7.07. The van der Waals surface area contributed by atoms with Crippen molar-refractivity contribution in [1.29, 1.82) is 0 Å². The lowest BCUT2D eigenvalue weighted by Gasteiger charge is -2.31. The maximum Gasteiger partial charge on any atom is 0.417 e. The van der Waals surface area contributed by atoms with E-state index in [1.807, 2.05) is 0 Å². The molecule has 5 nitrogen and oxygen atoms in total. The molecule has 0 atom stereocenters. The van der Waals surface area contributed by atoms with Crippen LogP contribution in [-0.4, -0.2) is 31.7 Å². The summed E-state index contributed by atoms with van der Waals surface area (Å²) in [5, 5.41) is 2.43. The quantitative estimate of drug-likeness (QED) is 0.676. The van der Waals surface area contributed by atoms with E-state index in [2.05, 4.69) is 5.32 Å². The van der Waals surface area contributed by atoms with Crippen LogP contribution in [0.3, 0.4) is 0 Å². The molecule has 3 rings (SSSR count). The van der Waals surface area contributed by atoms with Crippen molar-refractivity contribution < 1.29 is 30.8 Å². The van der Waals surface area contributed by atoms with E-state index in [9.17, 15) is 30.8 Å². The molecule has 11 heteroatoms. The molecule has 0 unspecified atom stereocenters. The van der Waals surface area contributed by atoms with Crippen LogP contribution >= 0.6 is 11.6 Å². The molecule has 2 aromatic rings. The Morgan fingerprint density at radius 2 is 1.73 bits per heavy atom. The van der Waals surface area contributed by atoms with Gasteiger partial charge in [0.15, 0.2) is 0 Å². The third-order valence-electron chi connectivity index (χ3n) is 4.82. The smallest absolute Gasteiger partial charge is 0.326 e. The number of benzene rings is 2. The van der Waals surface area contributed by atoms with E-state index in [1.165, 1.54) is 18.2 Å². The zero-order valence-electron chi connectivity index (χ0n) is 15.4. The van der Waals surface area contributed by atoms with Crippen LogP contribution in [0.5, 0.6) is 0 Å². The van der Waals surface area contributed by atoms with E-state index in [4.69, 9.17) is 11.6 Å². The highest BCUT2D eigenvalue weighted by molar-refractivity contribution is 7.89. The Labute approximate surface area is 175 Å². The van der Waals surface area contributed by atoms with Crippen molar-refractivity contribution in [1.82, 2.24) is 4.31 Å². The standard InChI is InChI=1S/C19H17ClF4N2O3S/c20-15-11-13(5-6-16(15)21)25-18(27)12-7-9-26(10-8-12)30(28,29)17-4-2-1-3-14(17)19(22,23)24/h1-6,11-12H,7-10H2,(H,25,27). The normalized spacial score (nSPS) is 16.4. The molecule has 2 aromatic carbocycles. The third kappa shape index (κ3) is 4.76. The van der Waals surface area contributed by atoms with Gasteiger partial charge in [0.25, 0.3) is 0 Å². The lowest BCUT2D eigenvalue weighted by Crippen LogP contribution is -2.41. The Hall–Kier alpha value is -2.17. The van der Waals surface area contributed by atoms with Crippen molar-refractivity contribution in [3.8, 4) is 0 Å². The Balaban J connectivity index is 1.69. The second-order valence-electron chi connectivity index (χ2n) is 6.79. The van der Waals surface area contributed by atoms with E-state index >= 15 is 0 Å². The first-order chi connectivity index (χ1) is 14.0. The Morgan fingerprint density at radius 3 is 2.33 bits per heavy atom. The van der Waals surface area contributed by atoms with Crippen LogP contribution < -0.4 is 5.32 Å². The van der Waals surface area contributed by atoms with Crippen LogP contribution in [0, 0.1) is 11.7 Å². The average molecular weight is 465 g/mol. The molecule has 0 spiro atoms. The summed E-state index contributed by atoms with van der Waals surface area (Å²) in [6.45, 7) is -0.201. The summed E-state index contributed by atoms with van der Waals surface area (Å²) in [6, 6.07) is 7.70. The SMILES string of the molecule is O=C(Nc1ccc(F)c(Cl)c1)C1CCN(S(=O)(=O)c2ccccc2C(F)(F)F)CC1. The predicted molar refractivity (Wildman–Crippen MR) is 103 cm³/mol. The van der Waals surface area contributed by atoms with E-state index in [1.54, 1.807) is 0 Å². The van der Waals surface area contributed by atoms with Gasteiger partial charge in [0.1, 0.15) is 5.82 Å². The van der Waals surface area contributed by atoms with Gasteiger partial charge in [-0.15, -0.1) is 0 Å². The van der Waals surface area contributed by atoms with Gasteiger partial charge in [0.2, 0.25) is 15.9 Å². The number of rotatable bonds is 4. The fourth-order valence-electron chi connectivity index (χ4n) is 3.24. The molecule has 0 aliphatic carbocycles. The highest BCUT2D eigenvalue weighted by Gasteiger charge is 2.40. The number of piperidine rings is 1. The van der Waals surface area contributed by atoms with Gasteiger partial charge in [-0.3, -0.25) is 4.79 Å². The number of sulfonamides is 1. The van der Waals surface area contributed by atoms with Crippen LogP contribution in [0.25, 0.3) is 0 Å². The molecule has 1 aliphatic heterocycles. The number of amides is 1. The molecule has 30 heavy (non-hydrogen) atoms. The molecule has 1 N–H and O–H groups in total. The summed E-state index contributed by atoms with van der Waals surface area (Å²) in [4.78, 5) is 11.6. The minimum atomic E-state index is -4.81. The van der Waals surface area contributed by atoms with Crippen LogP contribution in [0.2, 0.25) is 5.02 Å². The van der Waals surface area contributed by atoms with Crippen molar-refractivity contribution in [2.45, 2.75) is 23.9 Å². The van der Waals surface area contributed by atoms with Gasteiger partial charge in [-0.1, -0.05) is 23.7 Å². The molecule has 0 bridgehead atoms. The van der Waals surface area contributed by atoms with E-state index < -0.39 is 44.3 Å². The lowest BCUT2D eigenvalue weighted by atomic mass is 9.97. The molecule has 0 radical (unpaired) electrons. The summed E-state index contributed by atoms with van der Waals surface area (Å²) >= 11 is 5.68.